The van der Waals surface area contributed by atoms with Crippen molar-refractivity contribution in [1.82, 2.24) is 4.98 Å². The summed E-state index contributed by atoms with van der Waals surface area (Å²) in [6.07, 6.45) is 0.906. The van der Waals surface area contributed by atoms with Gasteiger partial charge in [-0.3, -0.25) is 0 Å². The third-order valence-electron chi connectivity index (χ3n) is 3.94. The molecule has 1 aromatic heterocycles. The maximum atomic E-state index is 10.1. The summed E-state index contributed by atoms with van der Waals surface area (Å²) in [6.45, 7) is 0.963. The van der Waals surface area contributed by atoms with Gasteiger partial charge >= 0.3 is 0 Å². The molecule has 1 aliphatic heterocycles. The van der Waals surface area contributed by atoms with Crippen LogP contribution in [0.15, 0.2) is 36.4 Å². The van der Waals surface area contributed by atoms with E-state index in [0.717, 1.165) is 33.9 Å². The molecule has 112 valence electrons. The predicted octanol–water partition coefficient (Wildman–Crippen LogP) is 3.67. The van der Waals surface area contributed by atoms with Gasteiger partial charge in [0.15, 0.2) is 5.13 Å². The molecule has 1 atom stereocenters. The van der Waals surface area contributed by atoms with Crippen LogP contribution in [0.5, 0.6) is 5.75 Å². The SMILES string of the molecule is Nc1nc2c(O)cc(N3CC3Cc3ccccc3Cl)cc2s1. The summed E-state index contributed by atoms with van der Waals surface area (Å²) in [5.41, 5.74) is 8.46. The van der Waals surface area contributed by atoms with E-state index in [1.165, 1.54) is 11.3 Å². The minimum atomic E-state index is 0.184. The number of aromatic nitrogens is 1. The quantitative estimate of drug-likeness (QED) is 0.719. The molecular formula is C16H14ClN3OS. The fourth-order valence-electron chi connectivity index (χ4n) is 2.77. The second kappa shape index (κ2) is 5.04. The molecule has 2 heterocycles. The van der Waals surface area contributed by atoms with Crippen molar-refractivity contribution in [2.75, 3.05) is 17.2 Å². The van der Waals surface area contributed by atoms with Gasteiger partial charge in [0.2, 0.25) is 0 Å². The molecule has 0 radical (unpaired) electrons. The first-order valence-corrected chi connectivity index (χ1v) is 8.20. The van der Waals surface area contributed by atoms with Crippen LogP contribution in [-0.2, 0) is 6.42 Å². The van der Waals surface area contributed by atoms with Crippen LogP contribution in [0.4, 0.5) is 10.8 Å². The number of phenols is 1. The number of anilines is 2. The Balaban J connectivity index is 1.58. The lowest BCUT2D eigenvalue weighted by atomic mass is 10.1. The number of hydrogen-bond donors (Lipinski definition) is 2. The molecule has 0 bridgehead atoms. The van der Waals surface area contributed by atoms with Crippen molar-refractivity contribution >= 4 is 44.0 Å². The summed E-state index contributed by atoms with van der Waals surface area (Å²) in [5, 5.41) is 11.4. The minimum absolute atomic E-state index is 0.184. The van der Waals surface area contributed by atoms with Crippen LogP contribution < -0.4 is 10.6 Å². The Hall–Kier alpha value is -1.98. The van der Waals surface area contributed by atoms with Gasteiger partial charge in [-0.25, -0.2) is 4.98 Å². The maximum Gasteiger partial charge on any atom is 0.181 e. The number of nitrogens with two attached hydrogens (primary N) is 1. The lowest BCUT2D eigenvalue weighted by Gasteiger charge is -2.08. The average molecular weight is 332 g/mol. The first-order chi connectivity index (χ1) is 10.6. The minimum Gasteiger partial charge on any atom is -0.506 e. The Kier molecular flexibility index (Phi) is 3.13. The van der Waals surface area contributed by atoms with Gasteiger partial charge in [0.05, 0.1) is 10.7 Å². The fourth-order valence-corrected chi connectivity index (χ4v) is 3.77. The van der Waals surface area contributed by atoms with E-state index >= 15 is 0 Å². The zero-order valence-electron chi connectivity index (χ0n) is 11.7. The van der Waals surface area contributed by atoms with Crippen molar-refractivity contribution in [3.05, 3.63) is 47.0 Å². The standard InChI is InChI=1S/C16H14ClN3OS/c17-12-4-2-1-3-9(12)5-11-8-20(11)10-6-13(21)15-14(7-10)22-16(18)19-15/h1-4,6-7,11,21H,5,8H2,(H2,18,19). The van der Waals surface area contributed by atoms with Crippen LogP contribution in [0.3, 0.4) is 0 Å². The van der Waals surface area contributed by atoms with Crippen LogP contribution in [0.1, 0.15) is 5.56 Å². The topological polar surface area (TPSA) is 62.1 Å². The average Bonchev–Trinajstić information content (AvgIpc) is 3.14. The Bertz CT molecular complexity index is 864. The Morgan fingerprint density at radius 2 is 2.18 bits per heavy atom. The van der Waals surface area contributed by atoms with Crippen LogP contribution in [0.25, 0.3) is 10.2 Å². The van der Waals surface area contributed by atoms with Gasteiger partial charge in [0.1, 0.15) is 11.3 Å². The van der Waals surface area contributed by atoms with Crippen molar-refractivity contribution < 1.29 is 5.11 Å². The number of nitrogens with zero attached hydrogens (tertiary/aromatic N) is 2. The van der Waals surface area contributed by atoms with Gasteiger partial charge in [-0.1, -0.05) is 41.1 Å². The number of aromatic hydroxyl groups is 1. The zero-order valence-corrected chi connectivity index (χ0v) is 13.2. The number of hydrogen-bond acceptors (Lipinski definition) is 5. The van der Waals surface area contributed by atoms with E-state index in [4.69, 9.17) is 17.3 Å². The lowest BCUT2D eigenvalue weighted by Crippen LogP contribution is -2.03. The van der Waals surface area contributed by atoms with Crippen LogP contribution in [-0.4, -0.2) is 22.7 Å². The second-order valence-electron chi connectivity index (χ2n) is 5.47. The van der Waals surface area contributed by atoms with Crippen molar-refractivity contribution in [3.63, 3.8) is 0 Å². The molecule has 1 aliphatic rings. The molecule has 0 amide bonds. The Morgan fingerprint density at radius 1 is 1.36 bits per heavy atom. The number of fused-ring (bicyclic) bond motifs is 1. The number of nitrogen functional groups attached to an aromatic ring is 1. The molecular weight excluding hydrogens is 318 g/mol. The molecule has 3 aromatic rings. The molecule has 6 heteroatoms. The smallest absolute Gasteiger partial charge is 0.181 e. The van der Waals surface area contributed by atoms with Crippen LogP contribution >= 0.6 is 22.9 Å². The summed E-state index contributed by atoms with van der Waals surface area (Å²) in [4.78, 5) is 6.39. The van der Waals surface area contributed by atoms with E-state index in [2.05, 4.69) is 16.0 Å². The Labute approximate surface area is 136 Å². The second-order valence-corrected chi connectivity index (χ2v) is 6.93. The van der Waals surface area contributed by atoms with E-state index in [1.54, 1.807) is 6.07 Å². The van der Waals surface area contributed by atoms with E-state index in [9.17, 15) is 5.11 Å². The molecule has 4 rings (SSSR count). The molecule has 3 N–H and O–H groups in total. The number of halogens is 1. The largest absolute Gasteiger partial charge is 0.506 e. The highest BCUT2D eigenvalue weighted by molar-refractivity contribution is 7.22. The molecule has 1 fully saturated rings. The van der Waals surface area contributed by atoms with Crippen molar-refractivity contribution in [2.45, 2.75) is 12.5 Å². The highest BCUT2D eigenvalue weighted by Gasteiger charge is 2.35. The summed E-state index contributed by atoms with van der Waals surface area (Å²) in [7, 11) is 0. The highest BCUT2D eigenvalue weighted by atomic mass is 35.5. The van der Waals surface area contributed by atoms with E-state index < -0.39 is 0 Å². The zero-order chi connectivity index (χ0) is 15.3. The summed E-state index contributed by atoms with van der Waals surface area (Å²) in [6, 6.07) is 12.1. The monoisotopic (exact) mass is 331 g/mol. The normalized spacial score (nSPS) is 17.1. The third-order valence-corrected chi connectivity index (χ3v) is 5.14. The Morgan fingerprint density at radius 3 is 3.00 bits per heavy atom. The molecule has 1 saturated heterocycles. The first kappa shape index (κ1) is 13.7. The van der Waals surface area contributed by atoms with E-state index in [1.807, 2.05) is 24.3 Å². The molecule has 1 unspecified atom stereocenters. The van der Waals surface area contributed by atoms with Crippen LogP contribution in [0.2, 0.25) is 5.02 Å². The van der Waals surface area contributed by atoms with Gasteiger partial charge in [-0.15, -0.1) is 0 Å². The third kappa shape index (κ3) is 2.36. The van der Waals surface area contributed by atoms with Crippen molar-refractivity contribution in [1.29, 1.82) is 0 Å². The molecule has 0 aliphatic carbocycles. The molecule has 22 heavy (non-hydrogen) atoms. The van der Waals surface area contributed by atoms with E-state index in [-0.39, 0.29) is 5.75 Å². The number of thiazole rings is 1. The number of phenolic OH excluding ortho intramolecular Hbond substituents is 1. The number of benzene rings is 2. The molecule has 0 saturated carbocycles. The number of rotatable bonds is 3. The summed E-state index contributed by atoms with van der Waals surface area (Å²) in [5.74, 6) is 0.184. The van der Waals surface area contributed by atoms with Crippen molar-refractivity contribution in [2.24, 2.45) is 0 Å². The lowest BCUT2D eigenvalue weighted by molar-refractivity contribution is 0.480. The summed E-state index contributed by atoms with van der Waals surface area (Å²) < 4.78 is 0.913. The van der Waals surface area contributed by atoms with Gasteiger partial charge in [0, 0.05) is 23.3 Å². The van der Waals surface area contributed by atoms with Gasteiger partial charge in [-0.2, -0.15) is 0 Å². The molecule has 0 spiro atoms. The van der Waals surface area contributed by atoms with Gasteiger partial charge in [0.25, 0.3) is 0 Å². The predicted molar refractivity (Wildman–Crippen MR) is 92.0 cm³/mol. The van der Waals surface area contributed by atoms with Crippen molar-refractivity contribution in [3.8, 4) is 5.75 Å². The maximum absolute atomic E-state index is 10.1. The molecule has 2 aromatic carbocycles. The van der Waals surface area contributed by atoms with E-state index in [0.29, 0.717) is 16.7 Å². The fraction of sp³-hybridized carbons (Fsp3) is 0.188. The van der Waals surface area contributed by atoms with Crippen LogP contribution in [0, 0.1) is 0 Å². The van der Waals surface area contributed by atoms with Gasteiger partial charge in [-0.05, 0) is 24.1 Å². The van der Waals surface area contributed by atoms with Gasteiger partial charge < -0.3 is 15.7 Å². The molecule has 4 nitrogen and oxygen atoms in total. The highest BCUT2D eigenvalue weighted by Crippen LogP contribution is 2.39. The summed E-state index contributed by atoms with van der Waals surface area (Å²) >= 11 is 7.61. The first-order valence-electron chi connectivity index (χ1n) is 7.01.